The Bertz CT molecular complexity index is 598. The number of hydrogen-bond donors (Lipinski definition) is 1. The summed E-state index contributed by atoms with van der Waals surface area (Å²) in [5.74, 6) is 0.833. The predicted octanol–water partition coefficient (Wildman–Crippen LogP) is 0.856. The highest BCUT2D eigenvalue weighted by atomic mass is 35.5. The molecule has 2 rings (SSSR count). The molecule has 22 heavy (non-hydrogen) atoms. The number of rotatable bonds is 5. The lowest BCUT2D eigenvalue weighted by atomic mass is 10.3. The average molecular weight is 353 g/mol. The van der Waals surface area contributed by atoms with Crippen LogP contribution in [0.25, 0.3) is 0 Å². The topological polar surface area (TPSA) is 91.1 Å². The van der Waals surface area contributed by atoms with Crippen molar-refractivity contribution < 1.29 is 22.6 Å². The fraction of sp³-hybridized carbons (Fsp3) is 0.538. The van der Waals surface area contributed by atoms with E-state index in [4.69, 9.17) is 19.9 Å². The third-order valence-electron chi connectivity index (χ3n) is 3.46. The van der Waals surface area contributed by atoms with E-state index in [0.717, 1.165) is 0 Å². The summed E-state index contributed by atoms with van der Waals surface area (Å²) in [6, 6.07) is 2.89. The summed E-state index contributed by atoms with van der Waals surface area (Å²) in [6.07, 6.45) is 0.639. The van der Waals surface area contributed by atoms with Gasteiger partial charge in [-0.15, -0.1) is 12.4 Å². The second kappa shape index (κ2) is 7.36. The normalized spacial score (nSPS) is 18.6. The van der Waals surface area contributed by atoms with Crippen molar-refractivity contribution in [2.24, 2.45) is 5.73 Å². The van der Waals surface area contributed by atoms with Gasteiger partial charge in [0.05, 0.1) is 21.3 Å². The molecule has 1 fully saturated rings. The maximum atomic E-state index is 12.8. The minimum absolute atomic E-state index is 0. The minimum Gasteiger partial charge on any atom is -0.496 e. The zero-order valence-electron chi connectivity index (χ0n) is 12.7. The van der Waals surface area contributed by atoms with Gasteiger partial charge in [0, 0.05) is 31.3 Å². The largest absolute Gasteiger partial charge is 0.496 e. The minimum atomic E-state index is -3.73. The number of benzene rings is 1. The monoisotopic (exact) mass is 352 g/mol. The van der Waals surface area contributed by atoms with Crippen molar-refractivity contribution in [2.75, 3.05) is 34.4 Å². The standard InChI is InChI=1S/C13H20N2O5S.ClH/c1-18-10-6-11(19-2)13(12(7-10)20-3)21(16,17)15-5-4-9(14)8-15;/h6-7,9H,4-5,8,14H2,1-3H3;1H/t9-;/m0./s1. The zero-order chi connectivity index (χ0) is 15.6. The Labute approximate surface area is 136 Å². The van der Waals surface area contributed by atoms with Crippen LogP contribution in [-0.2, 0) is 10.0 Å². The molecule has 0 bridgehead atoms. The van der Waals surface area contributed by atoms with E-state index >= 15 is 0 Å². The molecule has 0 amide bonds. The SMILES string of the molecule is COc1cc(OC)c(S(=O)(=O)N2CC[C@H](N)C2)c(OC)c1.Cl. The second-order valence-corrected chi connectivity index (χ2v) is 6.65. The first-order chi connectivity index (χ1) is 9.93. The van der Waals surface area contributed by atoms with Crippen molar-refractivity contribution >= 4 is 22.4 Å². The van der Waals surface area contributed by atoms with Crippen LogP contribution in [0.3, 0.4) is 0 Å². The first-order valence-corrected chi connectivity index (χ1v) is 7.93. The van der Waals surface area contributed by atoms with Crippen LogP contribution >= 0.6 is 12.4 Å². The lowest BCUT2D eigenvalue weighted by Gasteiger charge is -2.20. The molecule has 0 saturated carbocycles. The van der Waals surface area contributed by atoms with Gasteiger partial charge in [0.25, 0.3) is 10.0 Å². The zero-order valence-corrected chi connectivity index (χ0v) is 14.4. The third kappa shape index (κ3) is 3.40. The first-order valence-electron chi connectivity index (χ1n) is 6.49. The molecule has 1 aromatic carbocycles. The fourth-order valence-electron chi connectivity index (χ4n) is 2.33. The molecule has 0 aromatic heterocycles. The van der Waals surface area contributed by atoms with Crippen LogP contribution in [0.15, 0.2) is 17.0 Å². The van der Waals surface area contributed by atoms with E-state index in [9.17, 15) is 8.42 Å². The Kier molecular flexibility index (Phi) is 6.30. The highest BCUT2D eigenvalue weighted by Crippen LogP contribution is 2.39. The number of methoxy groups -OCH3 is 3. The third-order valence-corrected chi connectivity index (χ3v) is 5.38. The number of nitrogens with zero attached hydrogens (tertiary/aromatic N) is 1. The van der Waals surface area contributed by atoms with E-state index in [2.05, 4.69) is 0 Å². The van der Waals surface area contributed by atoms with Crippen molar-refractivity contribution in [3.63, 3.8) is 0 Å². The van der Waals surface area contributed by atoms with Crippen LogP contribution in [0.5, 0.6) is 17.2 Å². The van der Waals surface area contributed by atoms with Crippen LogP contribution in [0, 0.1) is 0 Å². The Morgan fingerprint density at radius 3 is 2.05 bits per heavy atom. The maximum Gasteiger partial charge on any atom is 0.250 e. The molecule has 7 nitrogen and oxygen atoms in total. The summed E-state index contributed by atoms with van der Waals surface area (Å²) in [4.78, 5) is 0.00222. The van der Waals surface area contributed by atoms with Crippen LogP contribution in [0.2, 0.25) is 0 Å². The van der Waals surface area contributed by atoms with Crippen LogP contribution in [0.1, 0.15) is 6.42 Å². The second-order valence-electron chi connectivity index (χ2n) is 4.77. The van der Waals surface area contributed by atoms with Crippen molar-refractivity contribution in [3.05, 3.63) is 12.1 Å². The van der Waals surface area contributed by atoms with E-state index in [0.29, 0.717) is 25.3 Å². The fourth-order valence-corrected chi connectivity index (χ4v) is 4.11. The van der Waals surface area contributed by atoms with Crippen LogP contribution in [0.4, 0.5) is 0 Å². The van der Waals surface area contributed by atoms with Gasteiger partial charge < -0.3 is 19.9 Å². The van der Waals surface area contributed by atoms with E-state index in [1.807, 2.05) is 0 Å². The van der Waals surface area contributed by atoms with E-state index in [-0.39, 0.29) is 34.8 Å². The molecule has 126 valence electrons. The van der Waals surface area contributed by atoms with Crippen LogP contribution in [-0.4, -0.2) is 53.2 Å². The molecule has 2 N–H and O–H groups in total. The highest BCUT2D eigenvalue weighted by molar-refractivity contribution is 7.89. The summed E-state index contributed by atoms with van der Waals surface area (Å²) < 4.78 is 42.5. The van der Waals surface area contributed by atoms with Gasteiger partial charge in [-0.05, 0) is 6.42 Å². The summed E-state index contributed by atoms with van der Waals surface area (Å²) >= 11 is 0. The molecule has 1 aliphatic heterocycles. The molecule has 9 heteroatoms. The molecule has 1 aliphatic rings. The Morgan fingerprint density at radius 2 is 1.68 bits per heavy atom. The molecular weight excluding hydrogens is 332 g/mol. The summed E-state index contributed by atoms with van der Waals surface area (Å²) in [6.45, 7) is 0.683. The molecule has 1 saturated heterocycles. The lowest BCUT2D eigenvalue weighted by Crippen LogP contribution is -2.32. The van der Waals surface area contributed by atoms with Gasteiger partial charge in [-0.1, -0.05) is 0 Å². The smallest absolute Gasteiger partial charge is 0.250 e. The Morgan fingerprint density at radius 1 is 1.14 bits per heavy atom. The quantitative estimate of drug-likeness (QED) is 0.845. The number of halogens is 1. The molecule has 1 aromatic rings. The molecule has 0 unspecified atom stereocenters. The van der Waals surface area contributed by atoms with Crippen molar-refractivity contribution in [2.45, 2.75) is 17.4 Å². The van der Waals surface area contributed by atoms with Gasteiger partial charge in [0.15, 0.2) is 4.90 Å². The number of nitrogens with two attached hydrogens (primary N) is 1. The maximum absolute atomic E-state index is 12.8. The van der Waals surface area contributed by atoms with Gasteiger partial charge in [0.1, 0.15) is 17.2 Å². The molecule has 1 atom stereocenters. The average Bonchev–Trinajstić information content (AvgIpc) is 2.92. The number of hydrogen-bond acceptors (Lipinski definition) is 6. The molecule has 0 spiro atoms. The highest BCUT2D eigenvalue weighted by Gasteiger charge is 2.35. The van der Waals surface area contributed by atoms with Crippen molar-refractivity contribution in [3.8, 4) is 17.2 Å². The van der Waals surface area contributed by atoms with Crippen molar-refractivity contribution in [1.82, 2.24) is 4.31 Å². The van der Waals surface area contributed by atoms with Crippen LogP contribution < -0.4 is 19.9 Å². The predicted molar refractivity (Wildman–Crippen MR) is 84.7 cm³/mol. The first kappa shape index (κ1) is 18.8. The van der Waals surface area contributed by atoms with Gasteiger partial charge in [-0.25, -0.2) is 8.42 Å². The summed E-state index contributed by atoms with van der Waals surface area (Å²) in [5, 5.41) is 0. The molecule has 0 aliphatic carbocycles. The molecule has 0 radical (unpaired) electrons. The van der Waals surface area contributed by atoms with Gasteiger partial charge in [-0.2, -0.15) is 4.31 Å². The van der Waals surface area contributed by atoms with Gasteiger partial charge in [0.2, 0.25) is 0 Å². The summed E-state index contributed by atoms with van der Waals surface area (Å²) in [5.41, 5.74) is 5.80. The summed E-state index contributed by atoms with van der Waals surface area (Å²) in [7, 11) is 0.565. The number of ether oxygens (including phenoxy) is 3. The van der Waals surface area contributed by atoms with Gasteiger partial charge >= 0.3 is 0 Å². The van der Waals surface area contributed by atoms with E-state index < -0.39 is 10.0 Å². The molecule has 1 heterocycles. The van der Waals surface area contributed by atoms with E-state index in [1.165, 1.54) is 37.8 Å². The molecular formula is C13H21ClN2O5S. The van der Waals surface area contributed by atoms with E-state index in [1.54, 1.807) is 0 Å². The van der Waals surface area contributed by atoms with Crippen molar-refractivity contribution in [1.29, 1.82) is 0 Å². The number of sulfonamides is 1. The van der Waals surface area contributed by atoms with Gasteiger partial charge in [-0.3, -0.25) is 0 Å². The Balaban J connectivity index is 0.00000242. The Hall–Kier alpha value is -1.22. The lowest BCUT2D eigenvalue weighted by molar-refractivity contribution is 0.355.